The first-order chi connectivity index (χ1) is 13.0. The molecule has 1 amide bonds. The van der Waals surface area contributed by atoms with Crippen molar-refractivity contribution in [3.8, 4) is 0 Å². The van der Waals surface area contributed by atoms with Crippen LogP contribution in [-0.2, 0) is 34.2 Å². The number of aryl methyl sites for hydroxylation is 2. The van der Waals surface area contributed by atoms with Gasteiger partial charge >= 0.3 is 0 Å². The number of benzene rings is 1. The maximum atomic E-state index is 13.0. The summed E-state index contributed by atoms with van der Waals surface area (Å²) in [4.78, 5) is 18.4. The van der Waals surface area contributed by atoms with Crippen LogP contribution in [0.5, 0.6) is 0 Å². The molecule has 0 N–H and O–H groups in total. The quantitative estimate of drug-likeness (QED) is 0.791. The highest BCUT2D eigenvalue weighted by Gasteiger charge is 2.30. The van der Waals surface area contributed by atoms with Gasteiger partial charge in [0, 0.05) is 38.6 Å². The Labute approximate surface area is 159 Å². The van der Waals surface area contributed by atoms with Gasteiger partial charge in [0.1, 0.15) is 6.54 Å². The molecule has 144 valence electrons. The standard InChI is InChI=1S/C19H24N4O3S/c24-19(14-21-8-7-20-15-21)22-9-11-23(12-10-22)27(25,26)18-6-5-16-3-1-2-4-17(16)13-18/h5-8,13,15H,1-4,9-12,14H2. The zero-order valence-electron chi connectivity index (χ0n) is 15.2. The molecule has 1 aromatic carbocycles. The number of rotatable bonds is 4. The number of amides is 1. The van der Waals surface area contributed by atoms with Crippen LogP contribution in [0, 0.1) is 0 Å². The van der Waals surface area contributed by atoms with Crippen molar-refractivity contribution in [1.82, 2.24) is 18.8 Å². The van der Waals surface area contributed by atoms with Crippen LogP contribution in [0.2, 0.25) is 0 Å². The molecule has 1 saturated heterocycles. The number of fused-ring (bicyclic) bond motifs is 1. The van der Waals surface area contributed by atoms with E-state index >= 15 is 0 Å². The largest absolute Gasteiger partial charge is 0.339 e. The third kappa shape index (κ3) is 3.77. The second-order valence-electron chi connectivity index (χ2n) is 7.16. The van der Waals surface area contributed by atoms with Gasteiger partial charge in [-0.2, -0.15) is 4.31 Å². The van der Waals surface area contributed by atoms with Crippen molar-refractivity contribution in [2.45, 2.75) is 37.1 Å². The van der Waals surface area contributed by atoms with Crippen molar-refractivity contribution in [2.75, 3.05) is 26.2 Å². The zero-order chi connectivity index (χ0) is 18.9. The molecule has 2 aliphatic rings. The summed E-state index contributed by atoms with van der Waals surface area (Å²) >= 11 is 0. The molecule has 0 bridgehead atoms. The summed E-state index contributed by atoms with van der Waals surface area (Å²) in [6.45, 7) is 1.72. The van der Waals surface area contributed by atoms with Gasteiger partial charge in [0.25, 0.3) is 0 Å². The fourth-order valence-corrected chi connectivity index (χ4v) is 5.31. The monoisotopic (exact) mass is 388 g/mol. The van der Waals surface area contributed by atoms with E-state index < -0.39 is 10.0 Å². The Hall–Kier alpha value is -2.19. The Kier molecular flexibility index (Phi) is 5.01. The molecule has 2 aromatic rings. The number of nitrogens with zero attached hydrogens (tertiary/aromatic N) is 4. The summed E-state index contributed by atoms with van der Waals surface area (Å²) in [7, 11) is -3.51. The predicted molar refractivity (Wildman–Crippen MR) is 101 cm³/mol. The van der Waals surface area contributed by atoms with Crippen molar-refractivity contribution in [1.29, 1.82) is 0 Å². The van der Waals surface area contributed by atoms with E-state index in [0.717, 1.165) is 24.8 Å². The number of piperazine rings is 1. The van der Waals surface area contributed by atoms with Crippen LogP contribution in [-0.4, -0.2) is 59.3 Å². The maximum Gasteiger partial charge on any atom is 0.243 e. The Bertz CT molecular complexity index is 916. The second-order valence-corrected chi connectivity index (χ2v) is 9.10. The van der Waals surface area contributed by atoms with Crippen LogP contribution in [0.3, 0.4) is 0 Å². The molecule has 4 rings (SSSR count). The van der Waals surface area contributed by atoms with Gasteiger partial charge < -0.3 is 9.47 Å². The molecule has 7 nitrogen and oxygen atoms in total. The molecule has 1 aliphatic heterocycles. The lowest BCUT2D eigenvalue weighted by Crippen LogP contribution is -2.51. The smallest absolute Gasteiger partial charge is 0.243 e. The fraction of sp³-hybridized carbons (Fsp3) is 0.474. The highest BCUT2D eigenvalue weighted by Crippen LogP contribution is 2.26. The third-order valence-corrected chi connectivity index (χ3v) is 7.32. The van der Waals surface area contributed by atoms with Gasteiger partial charge in [-0.15, -0.1) is 0 Å². The Morgan fingerprint density at radius 3 is 2.48 bits per heavy atom. The summed E-state index contributed by atoms with van der Waals surface area (Å²) in [5.74, 6) is -0.0150. The second kappa shape index (κ2) is 7.44. The van der Waals surface area contributed by atoms with E-state index in [0.29, 0.717) is 31.1 Å². The molecule has 1 fully saturated rings. The van der Waals surface area contributed by atoms with Crippen LogP contribution in [0.25, 0.3) is 0 Å². The lowest BCUT2D eigenvalue weighted by molar-refractivity contribution is -0.133. The highest BCUT2D eigenvalue weighted by atomic mass is 32.2. The number of carbonyl (C=O) groups is 1. The van der Waals surface area contributed by atoms with Gasteiger partial charge in [-0.1, -0.05) is 6.07 Å². The zero-order valence-corrected chi connectivity index (χ0v) is 16.1. The van der Waals surface area contributed by atoms with E-state index in [4.69, 9.17) is 0 Å². The molecule has 0 spiro atoms. The van der Waals surface area contributed by atoms with Crippen LogP contribution in [0.1, 0.15) is 24.0 Å². The van der Waals surface area contributed by atoms with Gasteiger partial charge in [-0.25, -0.2) is 13.4 Å². The first-order valence-corrected chi connectivity index (χ1v) is 10.8. The van der Waals surface area contributed by atoms with Crippen LogP contribution < -0.4 is 0 Å². The van der Waals surface area contributed by atoms with E-state index in [1.165, 1.54) is 16.3 Å². The first-order valence-electron chi connectivity index (χ1n) is 9.39. The fourth-order valence-electron chi connectivity index (χ4n) is 3.83. The predicted octanol–water partition coefficient (Wildman–Crippen LogP) is 1.29. The van der Waals surface area contributed by atoms with E-state index in [2.05, 4.69) is 4.98 Å². The SMILES string of the molecule is O=C(Cn1ccnc1)N1CCN(S(=O)(=O)c2ccc3c(c2)CCCC3)CC1. The van der Waals surface area contributed by atoms with E-state index in [-0.39, 0.29) is 12.5 Å². The topological polar surface area (TPSA) is 75.5 Å². The number of imidazole rings is 1. The van der Waals surface area contributed by atoms with Gasteiger partial charge in [0.2, 0.25) is 15.9 Å². The Morgan fingerprint density at radius 1 is 1.04 bits per heavy atom. The minimum atomic E-state index is -3.51. The summed E-state index contributed by atoms with van der Waals surface area (Å²) < 4.78 is 29.3. The van der Waals surface area contributed by atoms with Crippen molar-refractivity contribution < 1.29 is 13.2 Å². The summed E-state index contributed by atoms with van der Waals surface area (Å²) in [6.07, 6.45) is 9.27. The summed E-state index contributed by atoms with van der Waals surface area (Å²) in [5.41, 5.74) is 2.44. The molecule has 0 saturated carbocycles. The van der Waals surface area contributed by atoms with Crippen LogP contribution in [0.15, 0.2) is 41.8 Å². The molecule has 0 radical (unpaired) electrons. The molecule has 1 aliphatic carbocycles. The van der Waals surface area contributed by atoms with Crippen molar-refractivity contribution in [2.24, 2.45) is 0 Å². The number of aromatic nitrogens is 2. The molecular formula is C19H24N4O3S. The normalized spacial score (nSPS) is 18.3. The lowest BCUT2D eigenvalue weighted by atomic mass is 9.92. The average Bonchev–Trinajstić information content (AvgIpc) is 3.20. The number of sulfonamides is 1. The molecule has 27 heavy (non-hydrogen) atoms. The van der Waals surface area contributed by atoms with E-state index in [1.54, 1.807) is 34.3 Å². The lowest BCUT2D eigenvalue weighted by Gasteiger charge is -2.34. The van der Waals surface area contributed by atoms with Crippen molar-refractivity contribution in [3.63, 3.8) is 0 Å². The highest BCUT2D eigenvalue weighted by molar-refractivity contribution is 7.89. The third-order valence-electron chi connectivity index (χ3n) is 5.43. The molecule has 2 heterocycles. The summed E-state index contributed by atoms with van der Waals surface area (Å²) in [6, 6.07) is 5.54. The number of carbonyl (C=O) groups excluding carboxylic acids is 1. The van der Waals surface area contributed by atoms with E-state index in [9.17, 15) is 13.2 Å². The van der Waals surface area contributed by atoms with Gasteiger partial charge in [-0.05, 0) is 48.9 Å². The van der Waals surface area contributed by atoms with Crippen molar-refractivity contribution >= 4 is 15.9 Å². The van der Waals surface area contributed by atoms with E-state index in [1.807, 2.05) is 12.1 Å². The van der Waals surface area contributed by atoms with Gasteiger partial charge in [0.05, 0.1) is 11.2 Å². The Balaban J connectivity index is 1.42. The molecule has 1 aromatic heterocycles. The minimum absolute atomic E-state index is 0.0150. The van der Waals surface area contributed by atoms with Gasteiger partial charge in [-0.3, -0.25) is 4.79 Å². The molecule has 0 unspecified atom stereocenters. The maximum absolute atomic E-state index is 13.0. The average molecular weight is 388 g/mol. The molecule has 0 atom stereocenters. The number of hydrogen-bond acceptors (Lipinski definition) is 4. The number of hydrogen-bond donors (Lipinski definition) is 0. The first kappa shape index (κ1) is 18.2. The van der Waals surface area contributed by atoms with Crippen LogP contribution >= 0.6 is 0 Å². The Morgan fingerprint density at radius 2 is 1.78 bits per heavy atom. The summed E-state index contributed by atoms with van der Waals surface area (Å²) in [5, 5.41) is 0. The van der Waals surface area contributed by atoms with Gasteiger partial charge in [0.15, 0.2) is 0 Å². The minimum Gasteiger partial charge on any atom is -0.339 e. The van der Waals surface area contributed by atoms with Crippen LogP contribution in [0.4, 0.5) is 0 Å². The molecular weight excluding hydrogens is 364 g/mol. The van der Waals surface area contributed by atoms with Crippen molar-refractivity contribution in [3.05, 3.63) is 48.0 Å². The molecule has 8 heteroatoms.